The molecule has 144 valence electrons. The van der Waals surface area contributed by atoms with E-state index in [4.69, 9.17) is 0 Å². The van der Waals surface area contributed by atoms with Gasteiger partial charge in [0.05, 0.1) is 5.75 Å². The van der Waals surface area contributed by atoms with Gasteiger partial charge in [0.1, 0.15) is 0 Å². The van der Waals surface area contributed by atoms with E-state index in [1.54, 1.807) is 11.8 Å². The van der Waals surface area contributed by atoms with E-state index in [1.165, 1.54) is 38.5 Å². The fraction of sp³-hybridized carbons (Fsp3) is 0.842. The molecule has 1 aliphatic carbocycles. The topological polar surface area (TPSA) is 54.3 Å². The second-order valence-electron chi connectivity index (χ2n) is 8.14. The summed E-state index contributed by atoms with van der Waals surface area (Å²) >= 11 is 1.58. The van der Waals surface area contributed by atoms with Crippen LogP contribution in [0.5, 0.6) is 0 Å². The van der Waals surface area contributed by atoms with Crippen LogP contribution in [0, 0.1) is 5.92 Å². The van der Waals surface area contributed by atoms with Crippen molar-refractivity contribution >= 4 is 23.6 Å². The zero-order valence-corrected chi connectivity index (χ0v) is 16.7. The third kappa shape index (κ3) is 4.18. The van der Waals surface area contributed by atoms with Gasteiger partial charge in [0.25, 0.3) is 0 Å². The SMILES string of the molecule is CC1CCN(c2nnc(SCC(=O)N3CCCCCC3)n2C2CC2)CC1. The molecule has 2 saturated heterocycles. The quantitative estimate of drug-likeness (QED) is 0.737. The first-order valence-corrected chi connectivity index (χ1v) is 11.3. The maximum atomic E-state index is 12.6. The van der Waals surface area contributed by atoms with E-state index in [1.807, 2.05) is 4.90 Å². The van der Waals surface area contributed by atoms with Crippen molar-refractivity contribution in [3.05, 3.63) is 0 Å². The number of amides is 1. The molecule has 1 amide bonds. The van der Waals surface area contributed by atoms with Gasteiger partial charge in [-0.05, 0) is 44.4 Å². The van der Waals surface area contributed by atoms with Gasteiger partial charge in [-0.25, -0.2) is 0 Å². The van der Waals surface area contributed by atoms with Crippen LogP contribution in [0.4, 0.5) is 5.95 Å². The summed E-state index contributed by atoms with van der Waals surface area (Å²) in [5.41, 5.74) is 0. The lowest BCUT2D eigenvalue weighted by Crippen LogP contribution is -2.35. The number of thioether (sulfide) groups is 1. The highest BCUT2D eigenvalue weighted by atomic mass is 32.2. The first kappa shape index (κ1) is 18.1. The van der Waals surface area contributed by atoms with Gasteiger partial charge in [0.15, 0.2) is 5.16 Å². The predicted molar refractivity (Wildman–Crippen MR) is 105 cm³/mol. The molecule has 3 fully saturated rings. The summed E-state index contributed by atoms with van der Waals surface area (Å²) in [6, 6.07) is 0.537. The Bertz CT molecular complexity index is 613. The van der Waals surface area contributed by atoms with Gasteiger partial charge in [0, 0.05) is 32.2 Å². The molecule has 0 atom stereocenters. The molecule has 0 unspecified atom stereocenters. The van der Waals surface area contributed by atoms with Crippen LogP contribution >= 0.6 is 11.8 Å². The lowest BCUT2D eigenvalue weighted by atomic mass is 10.00. The molecular formula is C19H31N5OS. The van der Waals surface area contributed by atoms with Crippen LogP contribution in [0.25, 0.3) is 0 Å². The number of carbonyl (C=O) groups excluding carboxylic acids is 1. The Labute approximate surface area is 160 Å². The average Bonchev–Trinajstić information content (AvgIpc) is 3.45. The maximum Gasteiger partial charge on any atom is 0.233 e. The lowest BCUT2D eigenvalue weighted by molar-refractivity contribution is -0.128. The molecule has 0 aromatic carbocycles. The summed E-state index contributed by atoms with van der Waals surface area (Å²) in [5.74, 6) is 2.59. The van der Waals surface area contributed by atoms with E-state index < -0.39 is 0 Å². The summed E-state index contributed by atoms with van der Waals surface area (Å²) in [7, 11) is 0. The van der Waals surface area contributed by atoms with E-state index in [-0.39, 0.29) is 5.91 Å². The molecule has 3 heterocycles. The normalized spacial score (nSPS) is 22.5. The molecule has 1 aromatic heterocycles. The van der Waals surface area contributed by atoms with Gasteiger partial charge in [-0.15, -0.1) is 10.2 Å². The number of likely N-dealkylation sites (tertiary alicyclic amines) is 1. The van der Waals surface area contributed by atoms with E-state index >= 15 is 0 Å². The second kappa shape index (κ2) is 8.19. The molecule has 0 bridgehead atoms. The molecule has 1 saturated carbocycles. The average molecular weight is 378 g/mol. The van der Waals surface area contributed by atoms with Crippen LogP contribution in [0.2, 0.25) is 0 Å². The fourth-order valence-corrected chi connectivity index (χ4v) is 4.89. The van der Waals surface area contributed by atoms with E-state index in [9.17, 15) is 4.79 Å². The molecule has 2 aliphatic heterocycles. The van der Waals surface area contributed by atoms with Gasteiger partial charge in [-0.1, -0.05) is 31.5 Å². The van der Waals surface area contributed by atoms with Crippen LogP contribution < -0.4 is 4.90 Å². The minimum absolute atomic E-state index is 0.260. The van der Waals surface area contributed by atoms with Crippen molar-refractivity contribution in [2.75, 3.05) is 36.8 Å². The minimum atomic E-state index is 0.260. The van der Waals surface area contributed by atoms with Crippen molar-refractivity contribution in [3.8, 4) is 0 Å². The number of carbonyl (C=O) groups is 1. The molecule has 0 spiro atoms. The van der Waals surface area contributed by atoms with Crippen LogP contribution in [0.3, 0.4) is 0 Å². The summed E-state index contributed by atoms with van der Waals surface area (Å²) < 4.78 is 2.32. The van der Waals surface area contributed by atoms with Gasteiger partial charge in [-0.2, -0.15) is 0 Å². The van der Waals surface area contributed by atoms with Crippen molar-refractivity contribution in [1.29, 1.82) is 0 Å². The number of hydrogen-bond acceptors (Lipinski definition) is 5. The second-order valence-corrected chi connectivity index (χ2v) is 9.08. The molecule has 0 N–H and O–H groups in total. The lowest BCUT2D eigenvalue weighted by Gasteiger charge is -2.31. The van der Waals surface area contributed by atoms with Crippen molar-refractivity contribution in [2.45, 2.75) is 69.5 Å². The first-order chi connectivity index (χ1) is 12.7. The van der Waals surface area contributed by atoms with E-state index in [2.05, 4.69) is 26.6 Å². The van der Waals surface area contributed by atoms with Crippen molar-refractivity contribution < 1.29 is 4.79 Å². The Balaban J connectivity index is 1.41. The highest BCUT2D eigenvalue weighted by Crippen LogP contribution is 2.41. The molecule has 0 radical (unpaired) electrons. The van der Waals surface area contributed by atoms with Gasteiger partial charge in [0.2, 0.25) is 11.9 Å². The molecule has 7 heteroatoms. The molecule has 26 heavy (non-hydrogen) atoms. The Hall–Kier alpha value is -1.24. The van der Waals surface area contributed by atoms with Crippen LogP contribution in [-0.4, -0.2) is 57.5 Å². The Morgan fingerprint density at radius 1 is 1.00 bits per heavy atom. The van der Waals surface area contributed by atoms with Crippen LogP contribution in [-0.2, 0) is 4.79 Å². The predicted octanol–water partition coefficient (Wildman–Crippen LogP) is 3.34. The Morgan fingerprint density at radius 3 is 2.35 bits per heavy atom. The molecule has 6 nitrogen and oxygen atoms in total. The Kier molecular flexibility index (Phi) is 5.72. The number of aromatic nitrogens is 3. The zero-order chi connectivity index (χ0) is 17.9. The Morgan fingerprint density at radius 2 is 1.69 bits per heavy atom. The summed E-state index contributed by atoms with van der Waals surface area (Å²) in [5, 5.41) is 9.93. The van der Waals surface area contributed by atoms with Crippen LogP contribution in [0.15, 0.2) is 5.16 Å². The number of nitrogens with zero attached hydrogens (tertiary/aromatic N) is 5. The molecule has 1 aromatic rings. The number of hydrogen-bond donors (Lipinski definition) is 0. The zero-order valence-electron chi connectivity index (χ0n) is 15.9. The highest BCUT2D eigenvalue weighted by molar-refractivity contribution is 7.99. The summed E-state index contributed by atoms with van der Waals surface area (Å²) in [6.07, 6.45) is 9.68. The van der Waals surface area contributed by atoms with E-state index in [0.29, 0.717) is 11.8 Å². The van der Waals surface area contributed by atoms with Gasteiger partial charge < -0.3 is 9.80 Å². The van der Waals surface area contributed by atoms with Gasteiger partial charge >= 0.3 is 0 Å². The third-order valence-electron chi connectivity index (χ3n) is 5.91. The summed E-state index contributed by atoms with van der Waals surface area (Å²) in [6.45, 7) is 6.32. The van der Waals surface area contributed by atoms with Gasteiger partial charge in [-0.3, -0.25) is 9.36 Å². The van der Waals surface area contributed by atoms with Crippen LogP contribution in [0.1, 0.15) is 64.3 Å². The number of rotatable bonds is 5. The van der Waals surface area contributed by atoms with Crippen molar-refractivity contribution in [2.24, 2.45) is 5.92 Å². The number of anilines is 1. The molecule has 4 rings (SSSR count). The highest BCUT2D eigenvalue weighted by Gasteiger charge is 2.33. The fourth-order valence-electron chi connectivity index (χ4n) is 3.98. The summed E-state index contributed by atoms with van der Waals surface area (Å²) in [4.78, 5) is 17.0. The molecular weight excluding hydrogens is 346 g/mol. The smallest absolute Gasteiger partial charge is 0.233 e. The van der Waals surface area contributed by atoms with Crippen molar-refractivity contribution in [1.82, 2.24) is 19.7 Å². The van der Waals surface area contributed by atoms with Crippen molar-refractivity contribution in [3.63, 3.8) is 0 Å². The maximum absolute atomic E-state index is 12.6. The third-order valence-corrected chi connectivity index (χ3v) is 6.84. The first-order valence-electron chi connectivity index (χ1n) is 10.3. The number of piperidine rings is 1. The van der Waals surface area contributed by atoms with E-state index in [0.717, 1.165) is 56.0 Å². The standard InChI is InChI=1S/C19H31N5OS/c1-15-8-12-23(13-9-15)18-20-21-19(24(18)16-6-7-16)26-14-17(25)22-10-4-2-3-5-11-22/h15-16H,2-14H2,1H3. The monoisotopic (exact) mass is 377 g/mol. The molecule has 3 aliphatic rings. The minimum Gasteiger partial charge on any atom is -0.342 e. The largest absolute Gasteiger partial charge is 0.342 e.